The Balaban J connectivity index is 1.78. The Morgan fingerprint density at radius 3 is 2.39 bits per heavy atom. The zero-order valence-electron chi connectivity index (χ0n) is 20.0. The third-order valence-electron chi connectivity index (χ3n) is 6.60. The summed E-state index contributed by atoms with van der Waals surface area (Å²) in [7, 11) is 1.63. The lowest BCUT2D eigenvalue weighted by atomic mass is 9.84. The molecule has 0 spiro atoms. The van der Waals surface area contributed by atoms with Crippen molar-refractivity contribution in [2.45, 2.75) is 59.0 Å². The Morgan fingerprint density at radius 2 is 1.79 bits per heavy atom. The number of carbonyl (C=O) groups excluding carboxylic acids is 1. The van der Waals surface area contributed by atoms with Crippen LogP contribution in [0.15, 0.2) is 54.6 Å². The number of para-hydroxylation sites is 3. The predicted molar refractivity (Wildman–Crippen MR) is 129 cm³/mol. The molecule has 1 fully saturated rings. The molecule has 0 unspecified atom stereocenters. The van der Waals surface area contributed by atoms with Crippen LogP contribution < -0.4 is 9.47 Å². The van der Waals surface area contributed by atoms with Gasteiger partial charge in [0.25, 0.3) is 0 Å². The topological polar surface area (TPSA) is 56.6 Å². The maximum absolute atomic E-state index is 13.3. The Hall–Kier alpha value is -3.28. The maximum Gasteiger partial charge on any atom is 0.228 e. The zero-order valence-corrected chi connectivity index (χ0v) is 20.0. The van der Waals surface area contributed by atoms with Gasteiger partial charge in [0.05, 0.1) is 30.6 Å². The quantitative estimate of drug-likeness (QED) is 0.409. The monoisotopic (exact) mass is 447 g/mol. The molecule has 1 aliphatic rings. The molecule has 1 heterocycles. The standard InChI is InChI=1S/C27H33N3O3/c1-5-19(2)29(26(31)21-12-11-13-21)18-23-20(3)28-30(22-14-7-6-8-15-22)27(23)33-25-17-10-9-16-24(25)32-4/h6-10,14-17,19,21H,5,11-13,18H2,1-4H3/t19-/m0/s1. The van der Waals surface area contributed by atoms with E-state index < -0.39 is 0 Å². The van der Waals surface area contributed by atoms with Gasteiger partial charge in [-0.15, -0.1) is 0 Å². The number of rotatable bonds is 9. The molecule has 0 saturated heterocycles. The Morgan fingerprint density at radius 1 is 1.12 bits per heavy atom. The van der Waals surface area contributed by atoms with Crippen LogP contribution in [0.1, 0.15) is 50.8 Å². The van der Waals surface area contributed by atoms with E-state index in [4.69, 9.17) is 14.6 Å². The molecule has 1 aliphatic carbocycles. The summed E-state index contributed by atoms with van der Waals surface area (Å²) in [5.41, 5.74) is 2.66. The molecule has 1 saturated carbocycles. The van der Waals surface area contributed by atoms with Gasteiger partial charge in [0.15, 0.2) is 11.5 Å². The predicted octanol–water partition coefficient (Wildman–Crippen LogP) is 5.91. The molecule has 6 nitrogen and oxygen atoms in total. The van der Waals surface area contributed by atoms with Crippen molar-refractivity contribution in [3.63, 3.8) is 0 Å². The summed E-state index contributed by atoms with van der Waals surface area (Å²) in [4.78, 5) is 15.3. The van der Waals surface area contributed by atoms with Crippen LogP contribution in [0.3, 0.4) is 0 Å². The van der Waals surface area contributed by atoms with E-state index in [1.165, 1.54) is 0 Å². The van der Waals surface area contributed by atoms with Crippen LogP contribution in [0.2, 0.25) is 0 Å². The highest BCUT2D eigenvalue weighted by Crippen LogP contribution is 2.37. The number of ether oxygens (including phenoxy) is 2. The van der Waals surface area contributed by atoms with E-state index in [1.54, 1.807) is 7.11 Å². The molecule has 33 heavy (non-hydrogen) atoms. The fourth-order valence-corrected chi connectivity index (χ4v) is 4.11. The first-order valence-corrected chi connectivity index (χ1v) is 11.8. The largest absolute Gasteiger partial charge is 0.493 e. The van der Waals surface area contributed by atoms with Gasteiger partial charge in [-0.3, -0.25) is 4.79 Å². The molecule has 1 amide bonds. The molecule has 3 aromatic rings. The minimum atomic E-state index is 0.136. The second kappa shape index (κ2) is 10.1. The molecule has 0 aliphatic heterocycles. The molecule has 1 atom stereocenters. The lowest BCUT2D eigenvalue weighted by Crippen LogP contribution is -2.43. The SMILES string of the molecule is CC[C@H](C)N(Cc1c(C)nn(-c2ccccc2)c1Oc1ccccc1OC)C(=O)C1CCC1. The van der Waals surface area contributed by atoms with Crippen LogP contribution in [-0.4, -0.2) is 33.7 Å². The molecule has 174 valence electrons. The van der Waals surface area contributed by atoms with Crippen molar-refractivity contribution < 1.29 is 14.3 Å². The molecule has 0 N–H and O–H groups in total. The van der Waals surface area contributed by atoms with Crippen molar-refractivity contribution in [3.8, 4) is 23.1 Å². The van der Waals surface area contributed by atoms with E-state index in [-0.39, 0.29) is 17.9 Å². The van der Waals surface area contributed by atoms with Gasteiger partial charge in [0, 0.05) is 12.0 Å². The smallest absolute Gasteiger partial charge is 0.228 e. The van der Waals surface area contributed by atoms with Gasteiger partial charge in [-0.05, 0) is 57.4 Å². The number of hydrogen-bond acceptors (Lipinski definition) is 4. The average molecular weight is 448 g/mol. The molecule has 1 aromatic heterocycles. The first kappa shape index (κ1) is 22.9. The van der Waals surface area contributed by atoms with Crippen molar-refractivity contribution in [1.82, 2.24) is 14.7 Å². The molecule has 2 aromatic carbocycles. The Bertz CT molecular complexity index is 1090. The highest BCUT2D eigenvalue weighted by atomic mass is 16.5. The Kier molecular flexibility index (Phi) is 7.02. The number of nitrogens with zero attached hydrogens (tertiary/aromatic N) is 3. The summed E-state index contributed by atoms with van der Waals surface area (Å²) in [6.07, 6.45) is 4.00. The van der Waals surface area contributed by atoms with E-state index in [0.29, 0.717) is 23.9 Å². The van der Waals surface area contributed by atoms with Gasteiger partial charge in [-0.2, -0.15) is 5.10 Å². The zero-order chi connectivity index (χ0) is 23.4. The fraction of sp³-hybridized carbons (Fsp3) is 0.407. The summed E-state index contributed by atoms with van der Waals surface area (Å²) in [6, 6.07) is 17.6. The first-order chi connectivity index (χ1) is 16.0. The molecular weight excluding hydrogens is 414 g/mol. The normalized spacial score (nSPS) is 14.4. The number of aryl methyl sites for hydroxylation is 1. The van der Waals surface area contributed by atoms with Crippen LogP contribution >= 0.6 is 0 Å². The Labute approximate surface area is 196 Å². The fourth-order valence-electron chi connectivity index (χ4n) is 4.11. The van der Waals surface area contributed by atoms with Gasteiger partial charge in [0.2, 0.25) is 11.8 Å². The maximum atomic E-state index is 13.3. The van der Waals surface area contributed by atoms with E-state index in [9.17, 15) is 4.79 Å². The van der Waals surface area contributed by atoms with Crippen molar-refractivity contribution in [2.24, 2.45) is 5.92 Å². The van der Waals surface area contributed by atoms with Crippen LogP contribution in [0.4, 0.5) is 0 Å². The van der Waals surface area contributed by atoms with Crippen LogP contribution in [0, 0.1) is 12.8 Å². The third-order valence-corrected chi connectivity index (χ3v) is 6.60. The van der Waals surface area contributed by atoms with Crippen molar-refractivity contribution in [3.05, 3.63) is 65.9 Å². The second-order valence-electron chi connectivity index (χ2n) is 8.72. The van der Waals surface area contributed by atoms with E-state index in [2.05, 4.69) is 13.8 Å². The van der Waals surface area contributed by atoms with E-state index in [0.717, 1.165) is 42.6 Å². The molecular formula is C27H33N3O3. The van der Waals surface area contributed by atoms with Crippen LogP contribution in [0.25, 0.3) is 5.69 Å². The summed E-state index contributed by atoms with van der Waals surface area (Å²) >= 11 is 0. The molecule has 6 heteroatoms. The number of benzene rings is 2. The van der Waals surface area contributed by atoms with Gasteiger partial charge >= 0.3 is 0 Å². The first-order valence-electron chi connectivity index (χ1n) is 11.8. The number of methoxy groups -OCH3 is 1. The van der Waals surface area contributed by atoms with Gasteiger partial charge < -0.3 is 14.4 Å². The van der Waals surface area contributed by atoms with Crippen LogP contribution in [0.5, 0.6) is 17.4 Å². The lowest BCUT2D eigenvalue weighted by molar-refractivity contribution is -0.141. The summed E-state index contributed by atoms with van der Waals surface area (Å²) in [5, 5.41) is 4.82. The number of amides is 1. The highest BCUT2D eigenvalue weighted by molar-refractivity contribution is 5.80. The number of carbonyl (C=O) groups is 1. The van der Waals surface area contributed by atoms with Crippen molar-refractivity contribution in [1.29, 1.82) is 0 Å². The van der Waals surface area contributed by atoms with Gasteiger partial charge in [0.1, 0.15) is 0 Å². The average Bonchev–Trinajstić information content (AvgIpc) is 3.11. The van der Waals surface area contributed by atoms with Crippen molar-refractivity contribution in [2.75, 3.05) is 7.11 Å². The molecule has 4 rings (SSSR count). The summed E-state index contributed by atoms with van der Waals surface area (Å²) < 4.78 is 13.8. The van der Waals surface area contributed by atoms with Crippen LogP contribution in [-0.2, 0) is 11.3 Å². The van der Waals surface area contributed by atoms with E-state index >= 15 is 0 Å². The minimum Gasteiger partial charge on any atom is -0.493 e. The highest BCUT2D eigenvalue weighted by Gasteiger charge is 2.33. The third kappa shape index (κ3) is 4.75. The summed E-state index contributed by atoms with van der Waals surface area (Å²) in [6.45, 7) is 6.69. The lowest BCUT2D eigenvalue weighted by Gasteiger charge is -2.35. The molecule has 0 radical (unpaired) electrons. The summed E-state index contributed by atoms with van der Waals surface area (Å²) in [5.74, 6) is 2.25. The number of aromatic nitrogens is 2. The van der Waals surface area contributed by atoms with Gasteiger partial charge in [-0.1, -0.05) is 43.7 Å². The minimum absolute atomic E-state index is 0.136. The van der Waals surface area contributed by atoms with Crippen molar-refractivity contribution >= 4 is 5.91 Å². The second-order valence-corrected chi connectivity index (χ2v) is 8.72. The van der Waals surface area contributed by atoms with E-state index in [1.807, 2.05) is 71.1 Å². The number of hydrogen-bond donors (Lipinski definition) is 0. The van der Waals surface area contributed by atoms with Gasteiger partial charge in [-0.25, -0.2) is 4.68 Å². The molecule has 0 bridgehead atoms.